The Morgan fingerprint density at radius 1 is 1.32 bits per heavy atom. The number of hydrogen-bond acceptors (Lipinski definition) is 6. The smallest absolute Gasteiger partial charge is 0.257 e. The van der Waals surface area contributed by atoms with Crippen LogP contribution in [0.25, 0.3) is 0 Å². The van der Waals surface area contributed by atoms with Gasteiger partial charge in [0.05, 0.1) is 15.9 Å². The number of benzene rings is 1. The Morgan fingerprint density at radius 2 is 2.12 bits per heavy atom. The topological polar surface area (TPSA) is 68.5 Å². The second-order valence-corrected chi connectivity index (χ2v) is 7.93. The van der Waals surface area contributed by atoms with Gasteiger partial charge in [-0.1, -0.05) is 17.3 Å². The maximum absolute atomic E-state index is 12.8. The van der Waals surface area contributed by atoms with Crippen LogP contribution in [-0.4, -0.2) is 28.0 Å². The van der Waals surface area contributed by atoms with Crippen molar-refractivity contribution in [3.05, 3.63) is 62.3 Å². The van der Waals surface area contributed by atoms with Crippen LogP contribution in [0.2, 0.25) is 0 Å². The minimum Gasteiger partial charge on any atom is -0.485 e. The van der Waals surface area contributed by atoms with Gasteiger partial charge < -0.3 is 14.2 Å². The lowest BCUT2D eigenvalue weighted by Crippen LogP contribution is -2.26. The summed E-state index contributed by atoms with van der Waals surface area (Å²) < 4.78 is 11.7. The monoisotopic (exact) mass is 421 g/mol. The van der Waals surface area contributed by atoms with Crippen LogP contribution in [0.1, 0.15) is 27.0 Å². The second kappa shape index (κ2) is 7.79. The van der Waals surface area contributed by atoms with Gasteiger partial charge in [-0.15, -0.1) is 11.3 Å². The molecule has 2 heterocycles. The number of aromatic nitrogens is 2. The van der Waals surface area contributed by atoms with Crippen LogP contribution in [-0.2, 0) is 13.2 Å². The van der Waals surface area contributed by atoms with E-state index in [0.29, 0.717) is 29.6 Å². The van der Waals surface area contributed by atoms with E-state index in [1.165, 1.54) is 0 Å². The van der Waals surface area contributed by atoms with Crippen molar-refractivity contribution in [2.24, 2.45) is 0 Å². The molecule has 0 fully saturated rings. The number of aryl methyl sites for hydroxylation is 1. The third-order valence-electron chi connectivity index (χ3n) is 3.41. The number of para-hydroxylation sites is 1. The Morgan fingerprint density at radius 3 is 2.80 bits per heavy atom. The molecule has 0 aliphatic carbocycles. The molecule has 0 bridgehead atoms. The second-order valence-electron chi connectivity index (χ2n) is 5.38. The molecule has 0 N–H and O–H groups in total. The van der Waals surface area contributed by atoms with Gasteiger partial charge in [0.2, 0.25) is 11.7 Å². The number of carbonyl (C=O) groups is 1. The molecule has 0 radical (unpaired) electrons. The third-order valence-corrected chi connectivity index (χ3v) is 5.02. The van der Waals surface area contributed by atoms with Crippen molar-refractivity contribution >= 4 is 33.2 Å². The number of rotatable bonds is 6. The average molecular weight is 422 g/mol. The van der Waals surface area contributed by atoms with Gasteiger partial charge in [-0.25, -0.2) is 0 Å². The van der Waals surface area contributed by atoms with Gasteiger partial charge >= 0.3 is 0 Å². The molecule has 1 amide bonds. The zero-order valence-electron chi connectivity index (χ0n) is 13.7. The molecule has 0 aliphatic rings. The zero-order chi connectivity index (χ0) is 17.8. The fourth-order valence-corrected chi connectivity index (χ4v) is 3.80. The van der Waals surface area contributed by atoms with Crippen LogP contribution in [0.5, 0.6) is 5.75 Å². The van der Waals surface area contributed by atoms with E-state index in [0.717, 1.165) is 8.66 Å². The molecule has 2 aromatic heterocycles. The lowest BCUT2D eigenvalue weighted by molar-refractivity contribution is 0.0781. The summed E-state index contributed by atoms with van der Waals surface area (Å²) in [6.07, 6.45) is 0. The molecule has 0 unspecified atom stereocenters. The van der Waals surface area contributed by atoms with E-state index in [-0.39, 0.29) is 12.5 Å². The number of carbonyl (C=O) groups excluding carboxylic acids is 1. The minimum absolute atomic E-state index is 0.107. The number of thiophene rings is 1. The van der Waals surface area contributed by atoms with Crippen molar-refractivity contribution in [3.8, 4) is 5.75 Å². The predicted octanol–water partition coefficient (Wildman–Crippen LogP) is 4.05. The number of hydrogen-bond donors (Lipinski definition) is 0. The molecule has 0 spiro atoms. The van der Waals surface area contributed by atoms with Crippen molar-refractivity contribution in [1.29, 1.82) is 0 Å². The van der Waals surface area contributed by atoms with Crippen LogP contribution < -0.4 is 4.74 Å². The largest absolute Gasteiger partial charge is 0.485 e. The van der Waals surface area contributed by atoms with Crippen LogP contribution in [0.3, 0.4) is 0 Å². The Hall–Kier alpha value is -2.19. The molecule has 0 aliphatic heterocycles. The van der Waals surface area contributed by atoms with Gasteiger partial charge in [-0.05, 0) is 40.2 Å². The van der Waals surface area contributed by atoms with E-state index >= 15 is 0 Å². The highest BCUT2D eigenvalue weighted by atomic mass is 79.9. The molecule has 3 rings (SSSR count). The quantitative estimate of drug-likeness (QED) is 0.600. The normalized spacial score (nSPS) is 10.7. The summed E-state index contributed by atoms with van der Waals surface area (Å²) in [5, 5.41) is 3.79. The molecule has 0 saturated carbocycles. The maximum atomic E-state index is 12.8. The van der Waals surface area contributed by atoms with Crippen LogP contribution in [0.15, 0.2) is 44.7 Å². The summed E-state index contributed by atoms with van der Waals surface area (Å²) in [5.41, 5.74) is 0.501. The molecular weight excluding hydrogens is 406 g/mol. The SMILES string of the molecule is Cc1nc(COc2ccccc2C(=O)N(C)Cc2ccc(Br)s2)no1. The molecule has 130 valence electrons. The molecule has 6 nitrogen and oxygen atoms in total. The highest BCUT2D eigenvalue weighted by Gasteiger charge is 2.18. The lowest BCUT2D eigenvalue weighted by atomic mass is 10.1. The van der Waals surface area contributed by atoms with E-state index in [1.807, 2.05) is 24.3 Å². The number of amides is 1. The van der Waals surface area contributed by atoms with E-state index in [1.54, 1.807) is 42.3 Å². The van der Waals surface area contributed by atoms with Gasteiger partial charge in [0, 0.05) is 18.8 Å². The van der Waals surface area contributed by atoms with Crippen molar-refractivity contribution in [2.75, 3.05) is 7.05 Å². The van der Waals surface area contributed by atoms with Gasteiger partial charge in [-0.2, -0.15) is 4.98 Å². The highest BCUT2D eigenvalue weighted by molar-refractivity contribution is 9.11. The lowest BCUT2D eigenvalue weighted by Gasteiger charge is -2.18. The highest BCUT2D eigenvalue weighted by Crippen LogP contribution is 2.25. The predicted molar refractivity (Wildman–Crippen MR) is 97.6 cm³/mol. The summed E-state index contributed by atoms with van der Waals surface area (Å²) >= 11 is 5.04. The molecule has 8 heteroatoms. The van der Waals surface area contributed by atoms with Crippen molar-refractivity contribution in [1.82, 2.24) is 15.0 Å². The molecular formula is C17H16BrN3O3S. The minimum atomic E-state index is -0.107. The molecule has 3 aromatic rings. The first kappa shape index (κ1) is 17.6. The Bertz CT molecular complexity index is 877. The van der Waals surface area contributed by atoms with Crippen LogP contribution in [0, 0.1) is 6.92 Å². The Balaban J connectivity index is 1.71. The summed E-state index contributed by atoms with van der Waals surface area (Å²) in [4.78, 5) is 19.6. The Kier molecular flexibility index (Phi) is 5.50. The first-order chi connectivity index (χ1) is 12.0. The van der Waals surface area contributed by atoms with Gasteiger partial charge in [0.1, 0.15) is 5.75 Å². The van der Waals surface area contributed by atoms with Gasteiger partial charge in [0.25, 0.3) is 5.91 Å². The Labute approximate surface area is 157 Å². The average Bonchev–Trinajstić information content (AvgIpc) is 3.20. The van der Waals surface area contributed by atoms with E-state index in [9.17, 15) is 4.79 Å². The zero-order valence-corrected chi connectivity index (χ0v) is 16.1. The third kappa shape index (κ3) is 4.46. The van der Waals surface area contributed by atoms with Crippen LogP contribution in [0.4, 0.5) is 0 Å². The van der Waals surface area contributed by atoms with E-state index < -0.39 is 0 Å². The molecule has 1 aromatic carbocycles. The number of halogens is 1. The first-order valence-electron chi connectivity index (χ1n) is 7.53. The van der Waals surface area contributed by atoms with Crippen molar-refractivity contribution < 1.29 is 14.1 Å². The van der Waals surface area contributed by atoms with E-state index in [4.69, 9.17) is 9.26 Å². The molecule has 0 atom stereocenters. The summed E-state index contributed by atoms with van der Waals surface area (Å²) in [5.74, 6) is 1.31. The van der Waals surface area contributed by atoms with Crippen molar-refractivity contribution in [2.45, 2.75) is 20.1 Å². The maximum Gasteiger partial charge on any atom is 0.257 e. The summed E-state index contributed by atoms with van der Waals surface area (Å²) in [7, 11) is 1.77. The number of nitrogens with zero attached hydrogens (tertiary/aromatic N) is 3. The molecule has 0 saturated heterocycles. The van der Waals surface area contributed by atoms with Gasteiger partial charge in [0.15, 0.2) is 6.61 Å². The van der Waals surface area contributed by atoms with Gasteiger partial charge in [-0.3, -0.25) is 4.79 Å². The van der Waals surface area contributed by atoms with E-state index in [2.05, 4.69) is 26.1 Å². The van der Waals surface area contributed by atoms with Crippen LogP contribution >= 0.6 is 27.3 Å². The molecule has 25 heavy (non-hydrogen) atoms. The standard InChI is InChI=1S/C17H16BrN3O3S/c1-11-19-16(20-24-11)10-23-14-6-4-3-5-13(14)17(22)21(2)9-12-7-8-15(18)25-12/h3-8H,9-10H2,1-2H3. The fraction of sp³-hybridized carbons (Fsp3) is 0.235. The van der Waals surface area contributed by atoms with Crippen molar-refractivity contribution in [3.63, 3.8) is 0 Å². The number of ether oxygens (including phenoxy) is 1. The first-order valence-corrected chi connectivity index (χ1v) is 9.14. The summed E-state index contributed by atoms with van der Waals surface area (Å²) in [6.45, 7) is 2.39. The fourth-order valence-electron chi connectivity index (χ4n) is 2.26. The summed E-state index contributed by atoms with van der Waals surface area (Å²) in [6, 6.07) is 11.1.